The Balaban J connectivity index is 1.79. The van der Waals surface area contributed by atoms with Crippen LogP contribution in [0.2, 0.25) is 0 Å². The molecule has 1 aliphatic rings. The van der Waals surface area contributed by atoms with Gasteiger partial charge in [0.25, 0.3) is 0 Å². The lowest BCUT2D eigenvalue weighted by atomic mass is 10.1. The maximum Gasteiger partial charge on any atom is 0.0260 e. The van der Waals surface area contributed by atoms with E-state index in [-0.39, 0.29) is 0 Å². The zero-order chi connectivity index (χ0) is 12.1. The second kappa shape index (κ2) is 6.46. The van der Waals surface area contributed by atoms with E-state index in [1.165, 1.54) is 36.1 Å². The van der Waals surface area contributed by atoms with E-state index in [1.54, 1.807) is 0 Å². The SMILES string of the molecule is CCCC(CC)NCC1Cc2ccccc2S1. The van der Waals surface area contributed by atoms with Crippen LogP contribution in [-0.2, 0) is 6.42 Å². The molecule has 0 aliphatic carbocycles. The average molecular weight is 249 g/mol. The number of fused-ring (bicyclic) bond motifs is 1. The lowest BCUT2D eigenvalue weighted by molar-refractivity contribution is 0.463. The van der Waals surface area contributed by atoms with Gasteiger partial charge in [-0.3, -0.25) is 0 Å². The molecule has 0 bridgehead atoms. The summed E-state index contributed by atoms with van der Waals surface area (Å²) < 4.78 is 0. The first-order valence-electron chi connectivity index (χ1n) is 6.81. The maximum absolute atomic E-state index is 3.73. The summed E-state index contributed by atoms with van der Waals surface area (Å²) in [4.78, 5) is 1.49. The van der Waals surface area contributed by atoms with Crippen LogP contribution < -0.4 is 5.32 Å². The van der Waals surface area contributed by atoms with Crippen LogP contribution in [0.1, 0.15) is 38.7 Å². The molecule has 1 heterocycles. The normalized spacial score (nSPS) is 20.2. The van der Waals surface area contributed by atoms with Crippen molar-refractivity contribution < 1.29 is 0 Å². The summed E-state index contributed by atoms with van der Waals surface area (Å²) in [6.07, 6.45) is 5.07. The first kappa shape index (κ1) is 13.0. The number of nitrogens with one attached hydrogen (secondary N) is 1. The highest BCUT2D eigenvalue weighted by atomic mass is 32.2. The number of hydrogen-bond donors (Lipinski definition) is 1. The molecule has 0 saturated carbocycles. The minimum Gasteiger partial charge on any atom is -0.313 e. The lowest BCUT2D eigenvalue weighted by Gasteiger charge is -2.18. The van der Waals surface area contributed by atoms with Gasteiger partial charge in [0.1, 0.15) is 0 Å². The summed E-state index contributed by atoms with van der Waals surface area (Å²) in [7, 11) is 0. The second-order valence-electron chi connectivity index (χ2n) is 4.85. The predicted molar refractivity (Wildman–Crippen MR) is 76.8 cm³/mol. The van der Waals surface area contributed by atoms with Crippen molar-refractivity contribution in [3.63, 3.8) is 0 Å². The maximum atomic E-state index is 3.73. The molecule has 1 aliphatic heterocycles. The van der Waals surface area contributed by atoms with E-state index in [1.807, 2.05) is 11.8 Å². The topological polar surface area (TPSA) is 12.0 Å². The fourth-order valence-electron chi connectivity index (χ4n) is 2.46. The van der Waals surface area contributed by atoms with Gasteiger partial charge in [-0.1, -0.05) is 38.5 Å². The summed E-state index contributed by atoms with van der Waals surface area (Å²) >= 11 is 2.04. The van der Waals surface area contributed by atoms with Crippen LogP contribution in [0, 0.1) is 0 Å². The van der Waals surface area contributed by atoms with E-state index < -0.39 is 0 Å². The highest BCUT2D eigenvalue weighted by Gasteiger charge is 2.21. The van der Waals surface area contributed by atoms with Crippen LogP contribution in [0.3, 0.4) is 0 Å². The molecule has 0 aromatic heterocycles. The van der Waals surface area contributed by atoms with Gasteiger partial charge in [0.15, 0.2) is 0 Å². The molecule has 0 amide bonds. The van der Waals surface area contributed by atoms with Crippen LogP contribution >= 0.6 is 11.8 Å². The lowest BCUT2D eigenvalue weighted by Crippen LogP contribution is -2.33. The summed E-state index contributed by atoms with van der Waals surface area (Å²) in [6, 6.07) is 9.54. The first-order valence-corrected chi connectivity index (χ1v) is 7.69. The van der Waals surface area contributed by atoms with Crippen LogP contribution in [0.4, 0.5) is 0 Å². The second-order valence-corrected chi connectivity index (χ2v) is 6.20. The molecule has 94 valence electrons. The van der Waals surface area contributed by atoms with Crippen molar-refractivity contribution in [1.29, 1.82) is 0 Å². The van der Waals surface area contributed by atoms with Crippen LogP contribution in [0.25, 0.3) is 0 Å². The molecule has 2 rings (SSSR count). The summed E-state index contributed by atoms with van der Waals surface area (Å²) in [6.45, 7) is 5.70. The highest BCUT2D eigenvalue weighted by molar-refractivity contribution is 8.00. The third-order valence-corrected chi connectivity index (χ3v) is 4.80. The smallest absolute Gasteiger partial charge is 0.0260 e. The van der Waals surface area contributed by atoms with Crippen molar-refractivity contribution in [3.8, 4) is 0 Å². The van der Waals surface area contributed by atoms with E-state index >= 15 is 0 Å². The Labute approximate surface area is 109 Å². The molecule has 17 heavy (non-hydrogen) atoms. The van der Waals surface area contributed by atoms with E-state index in [2.05, 4.69) is 43.4 Å². The fourth-order valence-corrected chi connectivity index (χ4v) is 3.73. The van der Waals surface area contributed by atoms with Crippen molar-refractivity contribution in [3.05, 3.63) is 29.8 Å². The van der Waals surface area contributed by atoms with Gasteiger partial charge in [-0.25, -0.2) is 0 Å². The largest absolute Gasteiger partial charge is 0.313 e. The predicted octanol–water partition coefficient (Wildman–Crippen LogP) is 3.87. The van der Waals surface area contributed by atoms with Crippen LogP contribution in [-0.4, -0.2) is 17.8 Å². The van der Waals surface area contributed by atoms with E-state index in [0.717, 1.165) is 11.8 Å². The molecule has 1 nitrogen and oxygen atoms in total. The fraction of sp³-hybridized carbons (Fsp3) is 0.600. The minimum absolute atomic E-state index is 0.712. The minimum atomic E-state index is 0.712. The molecule has 2 unspecified atom stereocenters. The standard InChI is InChI=1S/C15H23NS/c1-3-7-13(4-2)16-11-14-10-12-8-5-6-9-15(12)17-14/h5-6,8-9,13-14,16H,3-4,7,10-11H2,1-2H3. The van der Waals surface area contributed by atoms with Crippen molar-refractivity contribution >= 4 is 11.8 Å². The Hall–Kier alpha value is -0.470. The van der Waals surface area contributed by atoms with Gasteiger partial charge in [0.2, 0.25) is 0 Å². The summed E-state index contributed by atoms with van der Waals surface area (Å²) in [5, 5.41) is 4.46. The Morgan fingerprint density at radius 3 is 2.88 bits per heavy atom. The highest BCUT2D eigenvalue weighted by Crippen LogP contribution is 2.36. The third kappa shape index (κ3) is 3.49. The van der Waals surface area contributed by atoms with Gasteiger partial charge in [-0.15, -0.1) is 11.8 Å². The number of benzene rings is 1. The molecular formula is C15H23NS. The molecule has 1 N–H and O–H groups in total. The molecule has 2 atom stereocenters. The molecule has 0 saturated heterocycles. The Morgan fingerprint density at radius 2 is 2.18 bits per heavy atom. The molecule has 1 aromatic carbocycles. The van der Waals surface area contributed by atoms with Gasteiger partial charge in [-0.2, -0.15) is 0 Å². The zero-order valence-corrected chi connectivity index (χ0v) is 11.7. The quantitative estimate of drug-likeness (QED) is 0.821. The summed E-state index contributed by atoms with van der Waals surface area (Å²) in [5.41, 5.74) is 1.54. The number of rotatable bonds is 6. The Morgan fingerprint density at radius 1 is 1.35 bits per heavy atom. The van der Waals surface area contributed by atoms with E-state index in [9.17, 15) is 0 Å². The average Bonchev–Trinajstić information content (AvgIpc) is 2.77. The van der Waals surface area contributed by atoms with Gasteiger partial charge in [-0.05, 0) is 30.9 Å². The van der Waals surface area contributed by atoms with Gasteiger partial charge >= 0.3 is 0 Å². The van der Waals surface area contributed by atoms with Gasteiger partial charge < -0.3 is 5.32 Å². The molecule has 2 heteroatoms. The summed E-state index contributed by atoms with van der Waals surface area (Å²) in [5.74, 6) is 0. The van der Waals surface area contributed by atoms with Gasteiger partial charge in [0, 0.05) is 22.7 Å². The van der Waals surface area contributed by atoms with E-state index in [0.29, 0.717) is 6.04 Å². The molecular weight excluding hydrogens is 226 g/mol. The first-order chi connectivity index (χ1) is 8.33. The van der Waals surface area contributed by atoms with Crippen molar-refractivity contribution in [2.24, 2.45) is 0 Å². The van der Waals surface area contributed by atoms with Crippen molar-refractivity contribution in [2.45, 2.75) is 55.7 Å². The van der Waals surface area contributed by atoms with E-state index in [4.69, 9.17) is 0 Å². The van der Waals surface area contributed by atoms with Crippen LogP contribution in [0.15, 0.2) is 29.2 Å². The van der Waals surface area contributed by atoms with Gasteiger partial charge in [0.05, 0.1) is 0 Å². The molecule has 0 spiro atoms. The Bertz CT molecular complexity index is 326. The Kier molecular flexibility index (Phi) is 4.93. The third-order valence-electron chi connectivity index (χ3n) is 3.48. The molecule has 0 fully saturated rings. The molecule has 0 radical (unpaired) electrons. The molecule has 1 aromatic rings. The van der Waals surface area contributed by atoms with Crippen molar-refractivity contribution in [2.75, 3.05) is 6.54 Å². The monoisotopic (exact) mass is 249 g/mol. The number of thioether (sulfide) groups is 1. The zero-order valence-electron chi connectivity index (χ0n) is 10.9. The van der Waals surface area contributed by atoms with Crippen molar-refractivity contribution in [1.82, 2.24) is 5.32 Å². The number of hydrogen-bond acceptors (Lipinski definition) is 2. The van der Waals surface area contributed by atoms with Crippen LogP contribution in [0.5, 0.6) is 0 Å².